The number of hydrogen-bond donors (Lipinski definition) is 2. The lowest BCUT2D eigenvalue weighted by Gasteiger charge is -2.10. The van der Waals surface area contributed by atoms with Crippen LogP contribution in [0.25, 0.3) is 0 Å². The second kappa shape index (κ2) is 6.59. The van der Waals surface area contributed by atoms with E-state index in [0.717, 1.165) is 18.5 Å². The molecule has 2 heterocycles. The van der Waals surface area contributed by atoms with E-state index < -0.39 is 0 Å². The number of nitrogens with zero attached hydrogens (tertiary/aromatic N) is 2. The molecule has 100 valence electrons. The van der Waals surface area contributed by atoms with Crippen molar-refractivity contribution < 1.29 is 0 Å². The van der Waals surface area contributed by atoms with Gasteiger partial charge in [0.25, 0.3) is 0 Å². The molecule has 0 atom stereocenters. The van der Waals surface area contributed by atoms with Crippen molar-refractivity contribution in [3.05, 3.63) is 46.2 Å². The molecule has 0 fully saturated rings. The highest BCUT2D eigenvalue weighted by molar-refractivity contribution is 6.37. The Morgan fingerprint density at radius 3 is 2.68 bits per heavy atom. The first kappa shape index (κ1) is 13.9. The van der Waals surface area contributed by atoms with Crippen LogP contribution in [-0.4, -0.2) is 23.6 Å². The predicted molar refractivity (Wildman–Crippen MR) is 80.2 cm³/mol. The number of rotatable bonds is 5. The molecule has 0 saturated heterocycles. The summed E-state index contributed by atoms with van der Waals surface area (Å²) in [5, 5.41) is 7.13. The molecule has 0 amide bonds. The second-order valence-corrected chi connectivity index (χ2v) is 4.75. The van der Waals surface area contributed by atoms with E-state index >= 15 is 0 Å². The molecular weight excluding hydrogens is 283 g/mol. The van der Waals surface area contributed by atoms with Crippen molar-refractivity contribution in [2.75, 3.05) is 24.2 Å². The molecule has 2 rings (SSSR count). The van der Waals surface area contributed by atoms with Gasteiger partial charge in [-0.25, -0.2) is 4.98 Å². The molecule has 0 aliphatic rings. The SMILES string of the molecule is CNc1nc(NCCc2cccnc2)c(Cl)cc1Cl. The number of halogens is 2. The lowest BCUT2D eigenvalue weighted by atomic mass is 10.2. The average molecular weight is 297 g/mol. The van der Waals surface area contributed by atoms with E-state index in [1.807, 2.05) is 18.3 Å². The van der Waals surface area contributed by atoms with E-state index in [4.69, 9.17) is 23.2 Å². The summed E-state index contributed by atoms with van der Waals surface area (Å²) in [7, 11) is 1.77. The Balaban J connectivity index is 2.00. The highest BCUT2D eigenvalue weighted by Crippen LogP contribution is 2.28. The smallest absolute Gasteiger partial charge is 0.147 e. The summed E-state index contributed by atoms with van der Waals surface area (Å²) in [6, 6.07) is 5.63. The number of anilines is 2. The fraction of sp³-hybridized carbons (Fsp3) is 0.231. The van der Waals surface area contributed by atoms with Crippen molar-refractivity contribution in [1.82, 2.24) is 9.97 Å². The van der Waals surface area contributed by atoms with Gasteiger partial charge in [-0.2, -0.15) is 0 Å². The Hall–Kier alpha value is -1.52. The minimum absolute atomic E-state index is 0.505. The molecule has 0 aliphatic carbocycles. The predicted octanol–water partition coefficient (Wildman–Crippen LogP) is 3.48. The van der Waals surface area contributed by atoms with Gasteiger partial charge >= 0.3 is 0 Å². The maximum atomic E-state index is 6.09. The number of hydrogen-bond acceptors (Lipinski definition) is 4. The second-order valence-electron chi connectivity index (χ2n) is 3.94. The van der Waals surface area contributed by atoms with Crippen LogP contribution in [-0.2, 0) is 6.42 Å². The van der Waals surface area contributed by atoms with Crippen LogP contribution >= 0.6 is 23.2 Å². The molecular formula is C13H14Cl2N4. The number of nitrogens with one attached hydrogen (secondary N) is 2. The first-order valence-corrected chi connectivity index (χ1v) is 6.63. The van der Waals surface area contributed by atoms with Gasteiger partial charge in [-0.15, -0.1) is 0 Å². The molecule has 0 saturated carbocycles. The quantitative estimate of drug-likeness (QED) is 0.887. The normalized spacial score (nSPS) is 10.3. The van der Waals surface area contributed by atoms with Gasteiger partial charge in [0.1, 0.15) is 11.6 Å². The van der Waals surface area contributed by atoms with Crippen LogP contribution in [0.5, 0.6) is 0 Å². The van der Waals surface area contributed by atoms with Crippen LogP contribution in [0, 0.1) is 0 Å². The van der Waals surface area contributed by atoms with Crippen molar-refractivity contribution in [2.45, 2.75) is 6.42 Å². The first-order valence-electron chi connectivity index (χ1n) is 5.87. The van der Waals surface area contributed by atoms with Gasteiger partial charge in [-0.3, -0.25) is 4.98 Å². The summed E-state index contributed by atoms with van der Waals surface area (Å²) < 4.78 is 0. The molecule has 0 bridgehead atoms. The standard InChI is InChI=1S/C13H14Cl2N4/c1-16-12-10(14)7-11(15)13(19-12)18-6-4-9-3-2-5-17-8-9/h2-3,5,7-8H,4,6H2,1H3,(H2,16,18,19). The van der Waals surface area contributed by atoms with Crippen molar-refractivity contribution in [3.63, 3.8) is 0 Å². The van der Waals surface area contributed by atoms with E-state index in [1.54, 1.807) is 19.3 Å². The molecule has 2 aromatic heterocycles. The molecule has 0 spiro atoms. The third kappa shape index (κ3) is 3.72. The summed E-state index contributed by atoms with van der Waals surface area (Å²) in [6.07, 6.45) is 4.45. The summed E-state index contributed by atoms with van der Waals surface area (Å²) >= 11 is 12.1. The van der Waals surface area contributed by atoms with Gasteiger partial charge in [0.05, 0.1) is 10.0 Å². The summed E-state index contributed by atoms with van der Waals surface area (Å²) in [4.78, 5) is 8.39. The zero-order chi connectivity index (χ0) is 13.7. The van der Waals surface area contributed by atoms with Crippen LogP contribution in [0.4, 0.5) is 11.6 Å². The summed E-state index contributed by atoms with van der Waals surface area (Å²) in [6.45, 7) is 0.725. The van der Waals surface area contributed by atoms with Crippen molar-refractivity contribution in [3.8, 4) is 0 Å². The van der Waals surface area contributed by atoms with Crippen LogP contribution in [0.2, 0.25) is 10.0 Å². The Morgan fingerprint density at radius 1 is 1.21 bits per heavy atom. The van der Waals surface area contributed by atoms with E-state index in [2.05, 4.69) is 20.6 Å². The fourth-order valence-electron chi connectivity index (χ4n) is 1.64. The van der Waals surface area contributed by atoms with Gasteiger partial charge in [0.2, 0.25) is 0 Å². The third-order valence-electron chi connectivity index (χ3n) is 2.60. The molecule has 19 heavy (non-hydrogen) atoms. The van der Waals surface area contributed by atoms with Gasteiger partial charge < -0.3 is 10.6 Å². The van der Waals surface area contributed by atoms with Gasteiger partial charge in [-0.05, 0) is 24.1 Å². The van der Waals surface area contributed by atoms with E-state index in [0.29, 0.717) is 21.7 Å². The Kier molecular flexibility index (Phi) is 4.82. The van der Waals surface area contributed by atoms with Crippen molar-refractivity contribution in [2.24, 2.45) is 0 Å². The molecule has 2 N–H and O–H groups in total. The highest BCUT2D eigenvalue weighted by atomic mass is 35.5. The van der Waals surface area contributed by atoms with Gasteiger partial charge in [0.15, 0.2) is 0 Å². The van der Waals surface area contributed by atoms with E-state index in [1.165, 1.54) is 0 Å². The van der Waals surface area contributed by atoms with Crippen LogP contribution < -0.4 is 10.6 Å². The highest BCUT2D eigenvalue weighted by Gasteiger charge is 2.07. The Bertz CT molecular complexity index is 546. The molecule has 4 nitrogen and oxygen atoms in total. The fourth-order valence-corrected chi connectivity index (χ4v) is 2.16. The molecule has 0 aromatic carbocycles. The van der Waals surface area contributed by atoms with Gasteiger partial charge in [-0.1, -0.05) is 29.3 Å². The molecule has 0 aliphatic heterocycles. The van der Waals surface area contributed by atoms with Crippen LogP contribution in [0.1, 0.15) is 5.56 Å². The van der Waals surface area contributed by atoms with Crippen LogP contribution in [0.15, 0.2) is 30.6 Å². The zero-order valence-electron chi connectivity index (χ0n) is 10.5. The average Bonchev–Trinajstić information content (AvgIpc) is 2.42. The number of pyridine rings is 2. The lowest BCUT2D eigenvalue weighted by Crippen LogP contribution is -2.08. The summed E-state index contributed by atoms with van der Waals surface area (Å²) in [5.74, 6) is 1.23. The third-order valence-corrected chi connectivity index (χ3v) is 3.17. The molecule has 0 unspecified atom stereocenters. The topological polar surface area (TPSA) is 49.8 Å². The van der Waals surface area contributed by atoms with Gasteiger partial charge in [0, 0.05) is 26.0 Å². The number of aromatic nitrogens is 2. The van der Waals surface area contributed by atoms with Crippen molar-refractivity contribution in [1.29, 1.82) is 0 Å². The largest absolute Gasteiger partial charge is 0.372 e. The minimum atomic E-state index is 0.505. The summed E-state index contributed by atoms with van der Waals surface area (Å²) in [5.41, 5.74) is 1.16. The molecule has 6 heteroatoms. The zero-order valence-corrected chi connectivity index (χ0v) is 12.0. The first-order chi connectivity index (χ1) is 9.20. The minimum Gasteiger partial charge on any atom is -0.372 e. The van der Waals surface area contributed by atoms with E-state index in [9.17, 15) is 0 Å². The lowest BCUT2D eigenvalue weighted by molar-refractivity contribution is 0.994. The maximum Gasteiger partial charge on any atom is 0.147 e. The molecule has 2 aromatic rings. The van der Waals surface area contributed by atoms with E-state index in [-0.39, 0.29) is 0 Å². The maximum absolute atomic E-state index is 6.09. The van der Waals surface area contributed by atoms with Crippen molar-refractivity contribution >= 4 is 34.8 Å². The van der Waals surface area contributed by atoms with Crippen LogP contribution in [0.3, 0.4) is 0 Å². The monoisotopic (exact) mass is 296 g/mol. The Morgan fingerprint density at radius 2 is 2.00 bits per heavy atom. The molecule has 0 radical (unpaired) electrons. The Labute approximate surface area is 122 Å².